The Kier molecular flexibility index (Phi) is 4.50. The van der Waals surface area contributed by atoms with Gasteiger partial charge >= 0.3 is 6.18 Å². The van der Waals surface area contributed by atoms with E-state index in [1.807, 2.05) is 13.8 Å². The zero-order valence-corrected chi connectivity index (χ0v) is 11.8. The largest absolute Gasteiger partial charge is 0.433 e. The predicted octanol–water partition coefficient (Wildman–Crippen LogP) is 3.75. The van der Waals surface area contributed by atoms with E-state index in [0.29, 0.717) is 6.54 Å². The first-order valence-corrected chi connectivity index (χ1v) is 6.58. The van der Waals surface area contributed by atoms with Crippen molar-refractivity contribution in [2.45, 2.75) is 32.9 Å². The van der Waals surface area contributed by atoms with E-state index in [-0.39, 0.29) is 5.82 Å². The monoisotopic (exact) mass is 299 g/mol. The van der Waals surface area contributed by atoms with Crippen molar-refractivity contribution in [3.8, 4) is 0 Å². The van der Waals surface area contributed by atoms with Crippen LogP contribution in [0.5, 0.6) is 0 Å². The predicted molar refractivity (Wildman–Crippen MR) is 72.0 cm³/mol. The Morgan fingerprint density at radius 3 is 2.62 bits per heavy atom. The first-order valence-electron chi connectivity index (χ1n) is 6.58. The number of halogens is 3. The molecule has 0 fully saturated rings. The minimum atomic E-state index is -4.42. The van der Waals surface area contributed by atoms with E-state index in [9.17, 15) is 13.2 Å². The molecule has 0 atom stereocenters. The molecule has 21 heavy (non-hydrogen) atoms. The van der Waals surface area contributed by atoms with Crippen molar-refractivity contribution < 1.29 is 17.7 Å². The van der Waals surface area contributed by atoms with Gasteiger partial charge in [0.25, 0.3) is 0 Å². The molecule has 0 unspecified atom stereocenters. The Balaban J connectivity index is 1.87. The minimum Gasteiger partial charge on any atom is -0.370 e. The maximum atomic E-state index is 12.5. The summed E-state index contributed by atoms with van der Waals surface area (Å²) in [6, 6.07) is 3.81. The van der Waals surface area contributed by atoms with Crippen molar-refractivity contribution >= 4 is 5.82 Å². The van der Waals surface area contributed by atoms with Crippen molar-refractivity contribution in [1.29, 1.82) is 0 Å². The van der Waals surface area contributed by atoms with Gasteiger partial charge in [-0.3, -0.25) is 0 Å². The molecule has 0 saturated heterocycles. The molecule has 0 aliphatic rings. The zero-order valence-electron chi connectivity index (χ0n) is 11.8. The van der Waals surface area contributed by atoms with Gasteiger partial charge in [0, 0.05) is 12.1 Å². The second kappa shape index (κ2) is 6.15. The number of alkyl halides is 3. The van der Waals surface area contributed by atoms with Crippen LogP contribution in [-0.4, -0.2) is 16.7 Å². The average Bonchev–Trinajstić information content (AvgIpc) is 2.74. The van der Waals surface area contributed by atoms with Crippen LogP contribution < -0.4 is 5.32 Å². The van der Waals surface area contributed by atoms with Crippen molar-refractivity contribution in [3.05, 3.63) is 40.9 Å². The lowest BCUT2D eigenvalue weighted by atomic mass is 10.1. The van der Waals surface area contributed by atoms with Crippen LogP contribution in [0.1, 0.15) is 29.1 Å². The van der Waals surface area contributed by atoms with Crippen molar-refractivity contribution in [3.63, 3.8) is 0 Å². The van der Waals surface area contributed by atoms with E-state index in [1.54, 1.807) is 0 Å². The molecule has 0 radical (unpaired) electrons. The Bertz CT molecular complexity index is 588. The van der Waals surface area contributed by atoms with E-state index in [0.717, 1.165) is 35.9 Å². The van der Waals surface area contributed by atoms with E-state index >= 15 is 0 Å². The molecule has 0 aromatic carbocycles. The number of hydrogen-bond acceptors (Lipinski definition) is 4. The van der Waals surface area contributed by atoms with Crippen molar-refractivity contribution in [2.75, 3.05) is 11.9 Å². The number of rotatable bonds is 5. The molecule has 7 heteroatoms. The van der Waals surface area contributed by atoms with E-state index in [4.69, 9.17) is 4.52 Å². The molecular formula is C14H16F3N3O. The lowest BCUT2D eigenvalue weighted by molar-refractivity contribution is -0.141. The smallest absolute Gasteiger partial charge is 0.370 e. The molecule has 2 aromatic rings. The fraction of sp³-hybridized carbons (Fsp3) is 0.429. The van der Waals surface area contributed by atoms with E-state index < -0.39 is 11.9 Å². The minimum absolute atomic E-state index is 0.226. The molecule has 0 aliphatic heterocycles. The molecule has 2 heterocycles. The molecule has 114 valence electrons. The summed E-state index contributed by atoms with van der Waals surface area (Å²) in [6.07, 6.45) is -2.91. The van der Waals surface area contributed by atoms with Gasteiger partial charge in [0.15, 0.2) is 0 Å². The van der Waals surface area contributed by atoms with Gasteiger partial charge in [0.2, 0.25) is 0 Å². The molecular weight excluding hydrogens is 283 g/mol. The third kappa shape index (κ3) is 3.96. The lowest BCUT2D eigenvalue weighted by Gasteiger charge is -2.09. The maximum absolute atomic E-state index is 12.5. The van der Waals surface area contributed by atoms with Gasteiger partial charge < -0.3 is 9.84 Å². The Morgan fingerprint density at radius 1 is 1.24 bits per heavy atom. The number of anilines is 1. The first-order chi connectivity index (χ1) is 9.88. The summed E-state index contributed by atoms with van der Waals surface area (Å²) in [5, 5.41) is 6.76. The van der Waals surface area contributed by atoms with Crippen LogP contribution in [-0.2, 0) is 12.6 Å². The SMILES string of the molecule is Cc1noc(C)c1CCCNc1cccc(C(F)(F)F)n1. The molecule has 0 spiro atoms. The number of aromatic nitrogens is 2. The van der Waals surface area contributed by atoms with Gasteiger partial charge in [-0.2, -0.15) is 13.2 Å². The van der Waals surface area contributed by atoms with Gasteiger partial charge in [-0.25, -0.2) is 4.98 Å². The summed E-state index contributed by atoms with van der Waals surface area (Å²) < 4.78 is 42.6. The van der Waals surface area contributed by atoms with Crippen molar-refractivity contribution in [2.24, 2.45) is 0 Å². The van der Waals surface area contributed by atoms with E-state index in [1.165, 1.54) is 12.1 Å². The fourth-order valence-electron chi connectivity index (χ4n) is 2.03. The molecule has 0 aliphatic carbocycles. The second-order valence-electron chi connectivity index (χ2n) is 4.74. The highest BCUT2D eigenvalue weighted by molar-refractivity contribution is 5.35. The van der Waals surface area contributed by atoms with Crippen LogP contribution in [0, 0.1) is 13.8 Å². The molecule has 0 amide bonds. The molecule has 4 nitrogen and oxygen atoms in total. The highest BCUT2D eigenvalue weighted by Gasteiger charge is 2.32. The van der Waals surface area contributed by atoms with Crippen LogP contribution in [0.25, 0.3) is 0 Å². The lowest BCUT2D eigenvalue weighted by Crippen LogP contribution is -2.11. The summed E-state index contributed by atoms with van der Waals surface area (Å²) in [7, 11) is 0. The summed E-state index contributed by atoms with van der Waals surface area (Å²) in [5.41, 5.74) is 1.01. The first kappa shape index (κ1) is 15.3. The molecule has 2 rings (SSSR count). The third-order valence-corrected chi connectivity index (χ3v) is 3.13. The van der Waals surface area contributed by atoms with Crippen LogP contribution in [0.3, 0.4) is 0 Å². The number of nitrogens with zero attached hydrogens (tertiary/aromatic N) is 2. The van der Waals surface area contributed by atoms with Crippen LogP contribution in [0.4, 0.5) is 19.0 Å². The second-order valence-corrected chi connectivity index (χ2v) is 4.74. The normalized spacial score (nSPS) is 11.7. The molecule has 0 bridgehead atoms. The highest BCUT2D eigenvalue weighted by atomic mass is 19.4. The number of nitrogens with one attached hydrogen (secondary N) is 1. The summed E-state index contributed by atoms with van der Waals surface area (Å²) in [5.74, 6) is 1.01. The van der Waals surface area contributed by atoms with Crippen LogP contribution >= 0.6 is 0 Å². The number of hydrogen-bond donors (Lipinski definition) is 1. The third-order valence-electron chi connectivity index (χ3n) is 3.13. The van der Waals surface area contributed by atoms with Gasteiger partial charge in [-0.05, 0) is 38.8 Å². The molecule has 0 saturated carbocycles. The van der Waals surface area contributed by atoms with Crippen molar-refractivity contribution in [1.82, 2.24) is 10.1 Å². The Hall–Kier alpha value is -2.05. The quantitative estimate of drug-likeness (QED) is 0.854. The maximum Gasteiger partial charge on any atom is 0.433 e. The summed E-state index contributed by atoms with van der Waals surface area (Å²) in [4.78, 5) is 3.55. The van der Waals surface area contributed by atoms with Crippen LogP contribution in [0.15, 0.2) is 22.7 Å². The zero-order chi connectivity index (χ0) is 15.5. The standard InChI is InChI=1S/C14H16F3N3O/c1-9-11(10(2)21-20-9)5-4-8-18-13-7-3-6-12(19-13)14(15,16)17/h3,6-7H,4-5,8H2,1-2H3,(H,18,19). The summed E-state index contributed by atoms with van der Waals surface area (Å²) >= 11 is 0. The molecule has 1 N–H and O–H groups in total. The van der Waals surface area contributed by atoms with Crippen LogP contribution in [0.2, 0.25) is 0 Å². The van der Waals surface area contributed by atoms with E-state index in [2.05, 4.69) is 15.5 Å². The summed E-state index contributed by atoms with van der Waals surface area (Å²) in [6.45, 7) is 4.24. The van der Waals surface area contributed by atoms with Gasteiger partial charge in [-0.15, -0.1) is 0 Å². The topological polar surface area (TPSA) is 51.0 Å². The Labute approximate surface area is 120 Å². The van der Waals surface area contributed by atoms with Gasteiger partial charge in [0.05, 0.1) is 5.69 Å². The fourth-order valence-corrected chi connectivity index (χ4v) is 2.03. The Morgan fingerprint density at radius 2 is 2.00 bits per heavy atom. The highest BCUT2D eigenvalue weighted by Crippen LogP contribution is 2.28. The average molecular weight is 299 g/mol. The molecule has 2 aromatic heterocycles. The van der Waals surface area contributed by atoms with Gasteiger partial charge in [-0.1, -0.05) is 11.2 Å². The number of aryl methyl sites for hydroxylation is 2. The van der Waals surface area contributed by atoms with Gasteiger partial charge in [0.1, 0.15) is 17.3 Å². The number of pyridine rings is 1.